The lowest BCUT2D eigenvalue weighted by Crippen LogP contribution is -2.30. The second kappa shape index (κ2) is 6.47. The Labute approximate surface area is 77.5 Å². The van der Waals surface area contributed by atoms with E-state index in [1.165, 1.54) is 32.1 Å². The predicted octanol–water partition coefficient (Wildman–Crippen LogP) is 3.77. The second-order valence-corrected chi connectivity index (χ2v) is 3.59. The van der Waals surface area contributed by atoms with E-state index in [1.54, 1.807) is 0 Å². The molecule has 0 aromatic rings. The zero-order valence-corrected chi connectivity index (χ0v) is 9.15. The monoisotopic (exact) mass is 172 g/mol. The second-order valence-electron chi connectivity index (χ2n) is 3.59. The van der Waals surface area contributed by atoms with Crippen molar-refractivity contribution in [3.8, 4) is 0 Å². The summed E-state index contributed by atoms with van der Waals surface area (Å²) in [6, 6.07) is 0. The molecule has 1 unspecified atom stereocenters. The highest BCUT2D eigenvalue weighted by molar-refractivity contribution is 4.77. The van der Waals surface area contributed by atoms with Gasteiger partial charge in [0, 0.05) is 7.11 Å². The van der Waals surface area contributed by atoms with Gasteiger partial charge in [0.25, 0.3) is 0 Å². The van der Waals surface area contributed by atoms with Crippen LogP contribution in [0, 0.1) is 0 Å². The zero-order valence-electron chi connectivity index (χ0n) is 9.15. The summed E-state index contributed by atoms with van der Waals surface area (Å²) < 4.78 is 5.63. The first kappa shape index (κ1) is 12.0. The van der Waals surface area contributed by atoms with Crippen LogP contribution in [0.2, 0.25) is 0 Å². The molecule has 1 nitrogen and oxygen atoms in total. The Morgan fingerprint density at radius 1 is 1.00 bits per heavy atom. The topological polar surface area (TPSA) is 9.23 Å². The largest absolute Gasteiger partial charge is 0.378 e. The van der Waals surface area contributed by atoms with Gasteiger partial charge in [-0.25, -0.2) is 0 Å². The van der Waals surface area contributed by atoms with Gasteiger partial charge in [0.05, 0.1) is 5.60 Å². The Kier molecular flexibility index (Phi) is 6.45. The van der Waals surface area contributed by atoms with E-state index in [0.717, 1.165) is 6.42 Å². The fourth-order valence-electron chi connectivity index (χ4n) is 1.78. The van der Waals surface area contributed by atoms with Crippen LogP contribution in [0.5, 0.6) is 0 Å². The molecule has 0 rings (SSSR count). The maximum atomic E-state index is 5.63. The number of rotatable bonds is 7. The molecule has 0 aromatic heterocycles. The number of methoxy groups -OCH3 is 1. The Morgan fingerprint density at radius 3 is 2.00 bits per heavy atom. The van der Waals surface area contributed by atoms with Crippen LogP contribution < -0.4 is 0 Å². The molecular formula is C11H24O. The normalized spacial score (nSPS) is 16.0. The van der Waals surface area contributed by atoms with Crippen molar-refractivity contribution in [2.24, 2.45) is 0 Å². The van der Waals surface area contributed by atoms with Crippen LogP contribution in [0.3, 0.4) is 0 Å². The number of hydrogen-bond acceptors (Lipinski definition) is 1. The van der Waals surface area contributed by atoms with Gasteiger partial charge in [-0.2, -0.15) is 0 Å². The van der Waals surface area contributed by atoms with Crippen LogP contribution >= 0.6 is 0 Å². The van der Waals surface area contributed by atoms with Crippen LogP contribution in [-0.4, -0.2) is 12.7 Å². The van der Waals surface area contributed by atoms with Gasteiger partial charge in [0.1, 0.15) is 0 Å². The van der Waals surface area contributed by atoms with Crippen molar-refractivity contribution in [2.45, 2.75) is 64.9 Å². The Balaban J connectivity index is 3.95. The van der Waals surface area contributed by atoms with Crippen molar-refractivity contribution in [2.75, 3.05) is 7.11 Å². The van der Waals surface area contributed by atoms with Gasteiger partial charge in [-0.15, -0.1) is 0 Å². The van der Waals surface area contributed by atoms with Crippen LogP contribution in [0.15, 0.2) is 0 Å². The molecule has 0 aliphatic rings. The van der Waals surface area contributed by atoms with E-state index in [0.29, 0.717) is 0 Å². The summed E-state index contributed by atoms with van der Waals surface area (Å²) in [6.07, 6.45) is 7.38. The molecule has 74 valence electrons. The average molecular weight is 172 g/mol. The molecule has 0 radical (unpaired) electrons. The zero-order chi connectivity index (χ0) is 9.45. The molecule has 0 N–H and O–H groups in total. The van der Waals surface area contributed by atoms with E-state index in [-0.39, 0.29) is 5.60 Å². The molecule has 0 fully saturated rings. The molecule has 0 saturated heterocycles. The van der Waals surface area contributed by atoms with Crippen molar-refractivity contribution in [1.29, 1.82) is 0 Å². The Bertz CT molecular complexity index is 95.2. The molecule has 0 aliphatic heterocycles. The lowest BCUT2D eigenvalue weighted by atomic mass is 9.89. The van der Waals surface area contributed by atoms with E-state index < -0.39 is 0 Å². The molecule has 0 aromatic carbocycles. The fourth-order valence-corrected chi connectivity index (χ4v) is 1.78. The Hall–Kier alpha value is -0.0400. The molecular weight excluding hydrogens is 148 g/mol. The summed E-state index contributed by atoms with van der Waals surface area (Å²) in [4.78, 5) is 0. The fraction of sp³-hybridized carbons (Fsp3) is 1.00. The SMILES string of the molecule is CCCCC(CC)(CCC)OC. The number of unbranched alkanes of at least 4 members (excludes halogenated alkanes) is 1. The molecule has 1 atom stereocenters. The van der Waals surface area contributed by atoms with Gasteiger partial charge >= 0.3 is 0 Å². The van der Waals surface area contributed by atoms with Crippen molar-refractivity contribution in [1.82, 2.24) is 0 Å². The molecule has 12 heavy (non-hydrogen) atoms. The van der Waals surface area contributed by atoms with E-state index >= 15 is 0 Å². The van der Waals surface area contributed by atoms with Gasteiger partial charge in [0.15, 0.2) is 0 Å². The van der Waals surface area contributed by atoms with Gasteiger partial charge in [-0.1, -0.05) is 40.0 Å². The highest BCUT2D eigenvalue weighted by atomic mass is 16.5. The first-order valence-electron chi connectivity index (χ1n) is 5.29. The highest BCUT2D eigenvalue weighted by Gasteiger charge is 2.25. The van der Waals surface area contributed by atoms with Crippen molar-refractivity contribution >= 4 is 0 Å². The average Bonchev–Trinajstić information content (AvgIpc) is 2.13. The van der Waals surface area contributed by atoms with Crippen molar-refractivity contribution < 1.29 is 4.74 Å². The van der Waals surface area contributed by atoms with Gasteiger partial charge in [-0.3, -0.25) is 0 Å². The number of ether oxygens (including phenoxy) is 1. The van der Waals surface area contributed by atoms with Crippen molar-refractivity contribution in [3.63, 3.8) is 0 Å². The summed E-state index contributed by atoms with van der Waals surface area (Å²) in [5.41, 5.74) is 0.185. The molecule has 0 spiro atoms. The maximum absolute atomic E-state index is 5.63. The minimum atomic E-state index is 0.185. The van der Waals surface area contributed by atoms with E-state index in [1.807, 2.05) is 7.11 Å². The molecule has 0 aliphatic carbocycles. The third-order valence-corrected chi connectivity index (χ3v) is 2.77. The third-order valence-electron chi connectivity index (χ3n) is 2.77. The van der Waals surface area contributed by atoms with Crippen LogP contribution in [-0.2, 0) is 4.74 Å². The molecule has 0 heterocycles. The minimum absolute atomic E-state index is 0.185. The van der Waals surface area contributed by atoms with E-state index in [9.17, 15) is 0 Å². The molecule has 0 bridgehead atoms. The quantitative estimate of drug-likeness (QED) is 0.568. The maximum Gasteiger partial charge on any atom is 0.0676 e. The molecule has 1 heteroatoms. The Morgan fingerprint density at radius 2 is 1.67 bits per heavy atom. The summed E-state index contributed by atoms with van der Waals surface area (Å²) in [5.74, 6) is 0. The predicted molar refractivity (Wildman–Crippen MR) is 54.5 cm³/mol. The molecule has 0 saturated carbocycles. The lowest BCUT2D eigenvalue weighted by Gasteiger charge is -2.31. The van der Waals surface area contributed by atoms with Gasteiger partial charge in [0.2, 0.25) is 0 Å². The minimum Gasteiger partial charge on any atom is -0.378 e. The number of hydrogen-bond donors (Lipinski definition) is 0. The summed E-state index contributed by atoms with van der Waals surface area (Å²) in [6.45, 7) is 6.70. The summed E-state index contributed by atoms with van der Waals surface area (Å²) in [5, 5.41) is 0. The van der Waals surface area contributed by atoms with Crippen molar-refractivity contribution in [3.05, 3.63) is 0 Å². The standard InChI is InChI=1S/C11H24O/c1-5-8-10-11(7-3,12-4)9-6-2/h5-10H2,1-4H3. The first-order valence-corrected chi connectivity index (χ1v) is 5.29. The van der Waals surface area contributed by atoms with Crippen LogP contribution in [0.4, 0.5) is 0 Å². The van der Waals surface area contributed by atoms with Crippen LogP contribution in [0.1, 0.15) is 59.3 Å². The summed E-state index contributed by atoms with van der Waals surface area (Å²) in [7, 11) is 1.86. The summed E-state index contributed by atoms with van der Waals surface area (Å²) >= 11 is 0. The smallest absolute Gasteiger partial charge is 0.0676 e. The van der Waals surface area contributed by atoms with Gasteiger partial charge < -0.3 is 4.74 Å². The van der Waals surface area contributed by atoms with E-state index in [2.05, 4.69) is 20.8 Å². The lowest BCUT2D eigenvalue weighted by molar-refractivity contribution is -0.0295. The molecule has 0 amide bonds. The van der Waals surface area contributed by atoms with Gasteiger partial charge in [-0.05, 0) is 19.3 Å². The van der Waals surface area contributed by atoms with E-state index in [4.69, 9.17) is 4.74 Å². The highest BCUT2D eigenvalue weighted by Crippen LogP contribution is 2.27. The third kappa shape index (κ3) is 3.57. The van der Waals surface area contributed by atoms with Crippen LogP contribution in [0.25, 0.3) is 0 Å². The first-order chi connectivity index (χ1) is 5.74.